The lowest BCUT2D eigenvalue weighted by atomic mass is 10.1. The van der Waals surface area contributed by atoms with Crippen molar-refractivity contribution in [1.82, 2.24) is 4.90 Å². The fraction of sp³-hybridized carbons (Fsp3) is 0.727. The zero-order valence-corrected chi connectivity index (χ0v) is 10.5. The number of nitrogens with zero attached hydrogens (tertiary/aromatic N) is 1. The van der Waals surface area contributed by atoms with Crippen LogP contribution in [0.15, 0.2) is 0 Å². The third-order valence-corrected chi connectivity index (χ3v) is 2.53. The first-order chi connectivity index (χ1) is 8.38. The van der Waals surface area contributed by atoms with Gasteiger partial charge in [0.2, 0.25) is 5.91 Å². The fourth-order valence-electron chi connectivity index (χ4n) is 1.64. The molecule has 1 amide bonds. The minimum Gasteiger partial charge on any atom is -0.481 e. The Balaban J connectivity index is 4.67. The zero-order valence-electron chi connectivity index (χ0n) is 10.5. The predicted octanol–water partition coefficient (Wildman–Crippen LogP) is -0.108. The Hall–Kier alpha value is -1.63. The zero-order chi connectivity index (χ0) is 14.1. The Labute approximate surface area is 106 Å². The van der Waals surface area contributed by atoms with Crippen LogP contribution in [0.5, 0.6) is 0 Å². The Morgan fingerprint density at radius 1 is 1.28 bits per heavy atom. The van der Waals surface area contributed by atoms with Crippen LogP contribution in [0.25, 0.3) is 0 Å². The van der Waals surface area contributed by atoms with Crippen LogP contribution in [-0.4, -0.2) is 52.1 Å². The minimum atomic E-state index is -1.06. The molecule has 1 atom stereocenters. The van der Waals surface area contributed by atoms with Gasteiger partial charge in [0.1, 0.15) is 6.04 Å². The summed E-state index contributed by atoms with van der Waals surface area (Å²) in [7, 11) is 0. The van der Waals surface area contributed by atoms with Gasteiger partial charge in [0.15, 0.2) is 0 Å². The summed E-state index contributed by atoms with van der Waals surface area (Å²) in [5.74, 6) is -2.76. The number of hydrogen-bond acceptors (Lipinski definition) is 4. The molecule has 0 rings (SSSR count). The number of carboxylic acid groups (broad SMARTS) is 2. The van der Waals surface area contributed by atoms with Crippen molar-refractivity contribution in [3.8, 4) is 0 Å². The highest BCUT2D eigenvalue weighted by Gasteiger charge is 2.26. The van der Waals surface area contributed by atoms with Gasteiger partial charge in [-0.05, 0) is 6.42 Å². The molecule has 0 saturated carbocycles. The normalized spacial score (nSPS) is 12.3. The standard InChI is InChI=1S/C11H20N2O5/c1-2-3-4-8(11(17)18)13(7-9(12)14)6-5-10(15)16/h8H,2-7H2,1H3,(H2,12,14)(H,15,16)(H,17,18). The molecule has 0 bridgehead atoms. The monoisotopic (exact) mass is 260 g/mol. The Kier molecular flexibility index (Phi) is 7.69. The second kappa shape index (κ2) is 8.46. The minimum absolute atomic E-state index is 0.00104. The van der Waals surface area contributed by atoms with Gasteiger partial charge in [-0.1, -0.05) is 19.8 Å². The van der Waals surface area contributed by atoms with E-state index in [0.717, 1.165) is 6.42 Å². The van der Waals surface area contributed by atoms with Crippen LogP contribution in [0.3, 0.4) is 0 Å². The van der Waals surface area contributed by atoms with Gasteiger partial charge in [0.05, 0.1) is 13.0 Å². The van der Waals surface area contributed by atoms with Gasteiger partial charge in [0.25, 0.3) is 0 Å². The number of carbonyl (C=O) groups excluding carboxylic acids is 1. The number of amides is 1. The molecule has 0 aliphatic carbocycles. The van der Waals surface area contributed by atoms with Gasteiger partial charge in [0, 0.05) is 6.54 Å². The van der Waals surface area contributed by atoms with E-state index in [-0.39, 0.29) is 19.5 Å². The molecule has 0 aromatic heterocycles. The van der Waals surface area contributed by atoms with Crippen LogP contribution in [0, 0.1) is 0 Å². The van der Waals surface area contributed by atoms with E-state index >= 15 is 0 Å². The topological polar surface area (TPSA) is 121 Å². The van der Waals surface area contributed by atoms with Crippen LogP contribution in [-0.2, 0) is 14.4 Å². The first kappa shape index (κ1) is 16.4. The lowest BCUT2D eigenvalue weighted by Gasteiger charge is -2.27. The molecule has 0 heterocycles. The SMILES string of the molecule is CCCCC(C(=O)O)N(CCC(=O)O)CC(N)=O. The highest BCUT2D eigenvalue weighted by molar-refractivity contribution is 5.78. The van der Waals surface area contributed by atoms with Crippen molar-refractivity contribution in [3.63, 3.8) is 0 Å². The van der Waals surface area contributed by atoms with E-state index in [2.05, 4.69) is 0 Å². The molecule has 0 fully saturated rings. The molecule has 1 unspecified atom stereocenters. The largest absolute Gasteiger partial charge is 0.481 e. The third-order valence-electron chi connectivity index (χ3n) is 2.53. The quantitative estimate of drug-likeness (QED) is 0.504. The second-order valence-corrected chi connectivity index (χ2v) is 4.08. The lowest BCUT2D eigenvalue weighted by molar-refractivity contribution is -0.146. The number of aliphatic carboxylic acids is 2. The summed E-state index contributed by atoms with van der Waals surface area (Å²) < 4.78 is 0. The number of carboxylic acids is 2. The molecule has 7 heteroatoms. The smallest absolute Gasteiger partial charge is 0.320 e. The highest BCUT2D eigenvalue weighted by Crippen LogP contribution is 2.10. The number of primary amides is 1. The molecular weight excluding hydrogens is 240 g/mol. The molecule has 0 aromatic carbocycles. The number of carbonyl (C=O) groups is 3. The first-order valence-electron chi connectivity index (χ1n) is 5.85. The van der Waals surface area contributed by atoms with Crippen molar-refractivity contribution in [3.05, 3.63) is 0 Å². The summed E-state index contributed by atoms with van der Waals surface area (Å²) in [6, 6.07) is -0.864. The van der Waals surface area contributed by atoms with Crippen LogP contribution >= 0.6 is 0 Å². The van der Waals surface area contributed by atoms with Gasteiger partial charge in [-0.25, -0.2) is 0 Å². The van der Waals surface area contributed by atoms with E-state index in [9.17, 15) is 14.4 Å². The lowest BCUT2D eigenvalue weighted by Crippen LogP contribution is -2.46. The van der Waals surface area contributed by atoms with Crippen LogP contribution in [0.4, 0.5) is 0 Å². The number of nitrogens with two attached hydrogens (primary N) is 1. The summed E-state index contributed by atoms with van der Waals surface area (Å²) in [4.78, 5) is 33.8. The average molecular weight is 260 g/mol. The Bertz CT molecular complexity index is 306. The maximum Gasteiger partial charge on any atom is 0.320 e. The number of unbranched alkanes of at least 4 members (excludes halogenated alkanes) is 1. The summed E-state index contributed by atoms with van der Waals surface area (Å²) in [6.45, 7) is 1.68. The third kappa shape index (κ3) is 6.85. The molecule has 0 aromatic rings. The molecule has 104 valence electrons. The maximum atomic E-state index is 11.1. The molecule has 0 aliphatic rings. The maximum absolute atomic E-state index is 11.1. The van der Waals surface area contributed by atoms with Crippen molar-refractivity contribution in [2.75, 3.05) is 13.1 Å². The van der Waals surface area contributed by atoms with Gasteiger partial charge < -0.3 is 15.9 Å². The molecule has 0 saturated heterocycles. The van der Waals surface area contributed by atoms with E-state index in [0.29, 0.717) is 12.8 Å². The molecule has 18 heavy (non-hydrogen) atoms. The molecule has 0 spiro atoms. The molecule has 7 nitrogen and oxygen atoms in total. The second-order valence-electron chi connectivity index (χ2n) is 4.08. The number of rotatable bonds is 10. The number of hydrogen-bond donors (Lipinski definition) is 3. The van der Waals surface area contributed by atoms with Crippen LogP contribution in [0.2, 0.25) is 0 Å². The van der Waals surface area contributed by atoms with Crippen molar-refractivity contribution in [1.29, 1.82) is 0 Å². The fourth-order valence-corrected chi connectivity index (χ4v) is 1.64. The van der Waals surface area contributed by atoms with Crippen molar-refractivity contribution < 1.29 is 24.6 Å². The highest BCUT2D eigenvalue weighted by atomic mass is 16.4. The van der Waals surface area contributed by atoms with E-state index in [4.69, 9.17) is 15.9 Å². The van der Waals surface area contributed by atoms with Crippen molar-refractivity contribution in [2.45, 2.75) is 38.6 Å². The molecule has 0 radical (unpaired) electrons. The molecule has 0 aliphatic heterocycles. The van der Waals surface area contributed by atoms with Gasteiger partial charge in [-0.3, -0.25) is 19.3 Å². The van der Waals surface area contributed by atoms with Crippen molar-refractivity contribution >= 4 is 17.8 Å². The van der Waals surface area contributed by atoms with E-state index in [1.807, 2.05) is 6.92 Å². The Morgan fingerprint density at radius 2 is 1.89 bits per heavy atom. The van der Waals surface area contributed by atoms with E-state index in [1.165, 1.54) is 4.90 Å². The summed E-state index contributed by atoms with van der Waals surface area (Å²) in [6.07, 6.45) is 1.67. The molecular formula is C11H20N2O5. The van der Waals surface area contributed by atoms with Gasteiger partial charge in [-0.2, -0.15) is 0 Å². The predicted molar refractivity (Wildman–Crippen MR) is 64.0 cm³/mol. The average Bonchev–Trinajstić information content (AvgIpc) is 2.24. The van der Waals surface area contributed by atoms with Gasteiger partial charge in [-0.15, -0.1) is 0 Å². The van der Waals surface area contributed by atoms with Crippen molar-refractivity contribution in [2.24, 2.45) is 5.73 Å². The summed E-state index contributed by atoms with van der Waals surface area (Å²) in [5.41, 5.74) is 5.05. The van der Waals surface area contributed by atoms with Crippen LogP contribution < -0.4 is 5.73 Å². The van der Waals surface area contributed by atoms with Crippen LogP contribution in [0.1, 0.15) is 32.6 Å². The summed E-state index contributed by atoms with van der Waals surface area (Å²) >= 11 is 0. The van der Waals surface area contributed by atoms with E-state index in [1.54, 1.807) is 0 Å². The molecule has 4 N–H and O–H groups in total. The summed E-state index contributed by atoms with van der Waals surface area (Å²) in [5, 5.41) is 17.7. The van der Waals surface area contributed by atoms with E-state index < -0.39 is 23.9 Å². The Morgan fingerprint density at radius 3 is 2.28 bits per heavy atom. The van der Waals surface area contributed by atoms with Gasteiger partial charge >= 0.3 is 11.9 Å². The first-order valence-corrected chi connectivity index (χ1v) is 5.85.